The Morgan fingerprint density at radius 1 is 0.696 bits per heavy atom. The molecule has 1 nitrogen and oxygen atoms in total. The first kappa shape index (κ1) is 22.5. The van der Waals surface area contributed by atoms with E-state index in [0.717, 1.165) is 12.8 Å². The van der Waals surface area contributed by atoms with Crippen LogP contribution >= 0.6 is 0 Å². The zero-order valence-corrected chi connectivity index (χ0v) is 16.0. The maximum atomic E-state index is 8.87. The van der Waals surface area contributed by atoms with Crippen molar-refractivity contribution < 1.29 is 5.11 Å². The van der Waals surface area contributed by atoms with Crippen LogP contribution in [0.3, 0.4) is 0 Å². The Balaban J connectivity index is 3.96. The highest BCUT2D eigenvalue weighted by Gasteiger charge is 1.99. The van der Waals surface area contributed by atoms with E-state index in [-0.39, 0.29) is 0 Å². The predicted molar refractivity (Wildman–Crippen MR) is 104 cm³/mol. The molecule has 0 aromatic rings. The van der Waals surface area contributed by atoms with Crippen molar-refractivity contribution in [2.75, 3.05) is 6.61 Å². The Morgan fingerprint density at radius 3 is 1.65 bits per heavy atom. The van der Waals surface area contributed by atoms with Gasteiger partial charge in [-0.15, -0.1) is 5.73 Å². The van der Waals surface area contributed by atoms with Gasteiger partial charge in [0, 0.05) is 6.61 Å². The largest absolute Gasteiger partial charge is 0.396 e. The summed E-state index contributed by atoms with van der Waals surface area (Å²) in [7, 11) is 0. The lowest BCUT2D eigenvalue weighted by Crippen LogP contribution is -1.87. The third kappa shape index (κ3) is 17.7. The van der Waals surface area contributed by atoms with Crippen molar-refractivity contribution in [2.24, 2.45) is 0 Å². The molecule has 0 heterocycles. The highest BCUT2D eigenvalue weighted by molar-refractivity contribution is 5.02. The number of rotatable bonds is 17. The summed E-state index contributed by atoms with van der Waals surface area (Å²) in [5.74, 6) is 0. The Kier molecular flexibility index (Phi) is 19.1. The molecule has 0 radical (unpaired) electrons. The van der Waals surface area contributed by atoms with Gasteiger partial charge in [-0.2, -0.15) is 0 Å². The summed E-state index contributed by atoms with van der Waals surface area (Å²) in [6.45, 7) is 4.85. The average Bonchev–Trinajstić information content (AvgIpc) is 2.57. The number of hydrogen-bond donors (Lipinski definition) is 1. The minimum atomic E-state index is 0.294. The van der Waals surface area contributed by atoms with E-state index in [2.05, 4.69) is 25.7 Å². The van der Waals surface area contributed by atoms with Crippen LogP contribution in [0, 0.1) is 0 Å². The van der Waals surface area contributed by atoms with E-state index >= 15 is 0 Å². The molecule has 0 aromatic heterocycles. The van der Waals surface area contributed by atoms with Gasteiger partial charge in [-0.25, -0.2) is 0 Å². The van der Waals surface area contributed by atoms with Gasteiger partial charge in [0.15, 0.2) is 0 Å². The molecule has 1 heteroatoms. The van der Waals surface area contributed by atoms with E-state index in [4.69, 9.17) is 5.11 Å². The summed E-state index contributed by atoms with van der Waals surface area (Å²) >= 11 is 0. The van der Waals surface area contributed by atoms with Crippen LogP contribution in [-0.2, 0) is 0 Å². The molecule has 0 unspecified atom stereocenters. The summed E-state index contributed by atoms with van der Waals surface area (Å²) in [5, 5.41) is 8.87. The zero-order valence-electron chi connectivity index (χ0n) is 16.0. The second kappa shape index (κ2) is 19.5. The molecule has 136 valence electrons. The Labute approximate surface area is 146 Å². The van der Waals surface area contributed by atoms with Crippen molar-refractivity contribution in [2.45, 2.75) is 117 Å². The van der Waals surface area contributed by atoms with E-state index in [1.165, 1.54) is 95.5 Å². The molecule has 0 aliphatic rings. The van der Waals surface area contributed by atoms with Gasteiger partial charge >= 0.3 is 0 Å². The highest BCUT2D eigenvalue weighted by Crippen LogP contribution is 2.17. The molecule has 0 atom stereocenters. The van der Waals surface area contributed by atoms with Crippen LogP contribution in [0.25, 0.3) is 0 Å². The minimum Gasteiger partial charge on any atom is -0.396 e. The third-order valence-electron chi connectivity index (χ3n) is 4.48. The van der Waals surface area contributed by atoms with Gasteiger partial charge in [-0.3, -0.25) is 0 Å². The van der Waals surface area contributed by atoms with Crippen LogP contribution in [0.1, 0.15) is 117 Å². The molecule has 0 fully saturated rings. The van der Waals surface area contributed by atoms with Crippen LogP contribution in [-0.4, -0.2) is 11.7 Å². The van der Waals surface area contributed by atoms with Crippen molar-refractivity contribution in [3.8, 4) is 0 Å². The lowest BCUT2D eigenvalue weighted by atomic mass is 10.00. The minimum absolute atomic E-state index is 0.294. The average molecular weight is 323 g/mol. The second-order valence-corrected chi connectivity index (χ2v) is 6.85. The predicted octanol–water partition coefficient (Wildman–Crippen LogP) is 7.34. The molecule has 0 amide bonds. The monoisotopic (exact) mass is 322 g/mol. The topological polar surface area (TPSA) is 20.2 Å². The van der Waals surface area contributed by atoms with Crippen LogP contribution in [0.4, 0.5) is 0 Å². The summed E-state index contributed by atoms with van der Waals surface area (Å²) < 4.78 is 0. The van der Waals surface area contributed by atoms with Crippen molar-refractivity contribution >= 4 is 0 Å². The van der Waals surface area contributed by atoms with Crippen LogP contribution in [0.15, 0.2) is 17.4 Å². The van der Waals surface area contributed by atoms with E-state index in [1.807, 2.05) is 0 Å². The SMILES string of the molecule is CCCCCCCCC(=C=CCCCO)CCCCCCCC. The maximum absolute atomic E-state index is 8.87. The van der Waals surface area contributed by atoms with Crippen LogP contribution < -0.4 is 0 Å². The summed E-state index contributed by atoms with van der Waals surface area (Å²) in [6, 6.07) is 0. The Bertz CT molecular complexity index is 268. The fourth-order valence-electron chi connectivity index (χ4n) is 2.92. The molecule has 0 saturated carbocycles. The van der Waals surface area contributed by atoms with Gasteiger partial charge in [0.2, 0.25) is 0 Å². The van der Waals surface area contributed by atoms with Gasteiger partial charge in [-0.1, -0.05) is 78.1 Å². The normalized spacial score (nSPS) is 10.6. The van der Waals surface area contributed by atoms with Gasteiger partial charge < -0.3 is 5.11 Å². The first-order valence-corrected chi connectivity index (χ1v) is 10.4. The lowest BCUT2D eigenvalue weighted by molar-refractivity contribution is 0.289. The fraction of sp³-hybridized carbons (Fsp3) is 0.864. The molecular weight excluding hydrogens is 280 g/mol. The molecule has 0 rings (SSSR count). The molecular formula is C22H42O. The van der Waals surface area contributed by atoms with E-state index in [9.17, 15) is 0 Å². The van der Waals surface area contributed by atoms with Crippen molar-refractivity contribution in [1.29, 1.82) is 0 Å². The summed E-state index contributed by atoms with van der Waals surface area (Å²) in [4.78, 5) is 0. The first-order valence-electron chi connectivity index (χ1n) is 10.4. The van der Waals surface area contributed by atoms with Gasteiger partial charge in [0.25, 0.3) is 0 Å². The second-order valence-electron chi connectivity index (χ2n) is 6.85. The first-order chi connectivity index (χ1) is 11.3. The van der Waals surface area contributed by atoms with Gasteiger partial charge in [-0.05, 0) is 50.2 Å². The van der Waals surface area contributed by atoms with Gasteiger partial charge in [0.05, 0.1) is 0 Å². The van der Waals surface area contributed by atoms with E-state index in [0.29, 0.717) is 6.61 Å². The zero-order chi connectivity index (χ0) is 17.0. The third-order valence-corrected chi connectivity index (χ3v) is 4.48. The van der Waals surface area contributed by atoms with E-state index < -0.39 is 0 Å². The molecule has 0 bridgehead atoms. The molecule has 0 saturated heterocycles. The van der Waals surface area contributed by atoms with Gasteiger partial charge in [0.1, 0.15) is 0 Å². The Hall–Kier alpha value is -0.520. The van der Waals surface area contributed by atoms with Crippen LogP contribution in [0.2, 0.25) is 0 Å². The molecule has 0 aromatic carbocycles. The quantitative estimate of drug-likeness (QED) is 0.219. The van der Waals surface area contributed by atoms with Crippen LogP contribution in [0.5, 0.6) is 0 Å². The van der Waals surface area contributed by atoms with Crippen molar-refractivity contribution in [1.82, 2.24) is 0 Å². The number of aliphatic hydroxyl groups is 1. The number of unbranched alkanes of at least 4 members (excludes halogenated alkanes) is 11. The van der Waals surface area contributed by atoms with E-state index in [1.54, 1.807) is 0 Å². The molecule has 23 heavy (non-hydrogen) atoms. The molecule has 0 aliphatic carbocycles. The molecule has 0 aliphatic heterocycles. The molecule has 1 N–H and O–H groups in total. The number of aliphatic hydroxyl groups excluding tert-OH is 1. The summed E-state index contributed by atoms with van der Waals surface area (Å²) in [5.41, 5.74) is 5.06. The lowest BCUT2D eigenvalue weighted by Gasteiger charge is -2.06. The van der Waals surface area contributed by atoms with Crippen molar-refractivity contribution in [3.63, 3.8) is 0 Å². The number of allylic oxidation sites excluding steroid dienone is 1. The highest BCUT2D eigenvalue weighted by atomic mass is 16.2. The maximum Gasteiger partial charge on any atom is 0.0434 e. The number of hydrogen-bond acceptors (Lipinski definition) is 1. The summed E-state index contributed by atoms with van der Waals surface area (Å²) in [6.07, 6.45) is 22.9. The fourth-order valence-corrected chi connectivity index (χ4v) is 2.92. The molecule has 0 spiro atoms. The smallest absolute Gasteiger partial charge is 0.0434 e. The standard InChI is InChI=1S/C22H42O/c1-3-5-7-9-11-14-18-22(20-16-13-17-21-23)19-15-12-10-8-6-4-2/h16,23H,3-15,17-19,21H2,1-2H3. The Morgan fingerprint density at radius 2 is 1.17 bits per heavy atom. The van der Waals surface area contributed by atoms with Crippen molar-refractivity contribution in [3.05, 3.63) is 17.4 Å².